The number of carbonyl (C=O) groups is 1. The third kappa shape index (κ3) is 3.94. The molecule has 0 spiro atoms. The van der Waals surface area contributed by atoms with Gasteiger partial charge in [0.1, 0.15) is 0 Å². The van der Waals surface area contributed by atoms with Gasteiger partial charge in [-0.25, -0.2) is 9.78 Å². The van der Waals surface area contributed by atoms with E-state index < -0.39 is 0 Å². The van der Waals surface area contributed by atoms with E-state index >= 15 is 0 Å². The molecule has 1 atom stereocenters. The summed E-state index contributed by atoms with van der Waals surface area (Å²) in [5.41, 5.74) is 6.99. The number of anilines is 1. The van der Waals surface area contributed by atoms with E-state index in [1.165, 1.54) is 22.3 Å². The van der Waals surface area contributed by atoms with E-state index in [9.17, 15) is 4.79 Å². The van der Waals surface area contributed by atoms with Crippen molar-refractivity contribution in [3.63, 3.8) is 0 Å². The predicted octanol–water partition coefficient (Wildman–Crippen LogP) is 4.15. The van der Waals surface area contributed by atoms with E-state index in [4.69, 9.17) is 0 Å². The first kappa shape index (κ1) is 17.7. The van der Waals surface area contributed by atoms with Gasteiger partial charge in [0.25, 0.3) is 0 Å². The number of carbonyl (C=O) groups excluding carboxylic acids is 1. The van der Waals surface area contributed by atoms with Crippen molar-refractivity contribution in [2.75, 3.05) is 12.4 Å². The Labute approximate surface area is 153 Å². The fourth-order valence-electron chi connectivity index (χ4n) is 3.15. The van der Waals surface area contributed by atoms with Gasteiger partial charge >= 0.3 is 6.03 Å². The normalized spacial score (nSPS) is 11.8. The van der Waals surface area contributed by atoms with Crippen molar-refractivity contribution in [1.82, 2.24) is 15.3 Å². The lowest BCUT2D eigenvalue weighted by molar-refractivity contribution is 0.254. The van der Waals surface area contributed by atoms with Crippen LogP contribution in [0.3, 0.4) is 0 Å². The summed E-state index contributed by atoms with van der Waals surface area (Å²) in [5, 5.41) is 5.33. The summed E-state index contributed by atoms with van der Waals surface area (Å²) in [5.74, 6) is 0.204. The summed E-state index contributed by atoms with van der Waals surface area (Å²) in [7, 11) is 1.60. The molecule has 26 heavy (non-hydrogen) atoms. The fourth-order valence-corrected chi connectivity index (χ4v) is 3.15. The van der Waals surface area contributed by atoms with Crippen molar-refractivity contribution in [2.24, 2.45) is 0 Å². The second-order valence-corrected chi connectivity index (χ2v) is 6.45. The van der Waals surface area contributed by atoms with E-state index in [1.54, 1.807) is 13.4 Å². The Kier molecular flexibility index (Phi) is 5.37. The first-order chi connectivity index (χ1) is 12.6. The molecule has 3 N–H and O–H groups in total. The summed E-state index contributed by atoms with van der Waals surface area (Å²) < 4.78 is 0. The van der Waals surface area contributed by atoms with Crippen LogP contribution in [0.5, 0.6) is 0 Å². The maximum Gasteiger partial charge on any atom is 0.318 e. The summed E-state index contributed by atoms with van der Waals surface area (Å²) in [6, 6.07) is 14.2. The average molecular weight is 348 g/mol. The molecule has 0 aliphatic carbocycles. The highest BCUT2D eigenvalue weighted by molar-refractivity contribution is 5.88. The first-order valence-corrected chi connectivity index (χ1v) is 8.70. The standard InChI is InChI=1S/C21H24N4O/c1-14-5-4-6-18(15(14)2)19(20-12-23-13-24-20)11-16-7-9-17(10-8-16)25-21(26)22-3/h4-10,12-13,19H,11H2,1-3H3,(H,23,24)(H2,22,25,26). The molecule has 0 saturated heterocycles. The van der Waals surface area contributed by atoms with Gasteiger partial charge in [-0.1, -0.05) is 30.3 Å². The number of hydrogen-bond acceptors (Lipinski definition) is 2. The lowest BCUT2D eigenvalue weighted by Gasteiger charge is -2.20. The second-order valence-electron chi connectivity index (χ2n) is 6.45. The van der Waals surface area contributed by atoms with Crippen LogP contribution in [-0.2, 0) is 6.42 Å². The van der Waals surface area contributed by atoms with Crippen LogP contribution < -0.4 is 10.6 Å². The maximum absolute atomic E-state index is 11.4. The SMILES string of the molecule is CNC(=O)Nc1ccc(CC(c2cnc[nH]2)c2cccc(C)c2C)cc1. The van der Waals surface area contributed by atoms with E-state index in [-0.39, 0.29) is 11.9 Å². The summed E-state index contributed by atoms with van der Waals surface area (Å²) in [6.07, 6.45) is 4.48. The topological polar surface area (TPSA) is 69.8 Å². The molecule has 3 rings (SSSR count). The van der Waals surface area contributed by atoms with Crippen LogP contribution in [0.25, 0.3) is 0 Å². The number of urea groups is 1. The average Bonchev–Trinajstić information content (AvgIpc) is 3.18. The van der Waals surface area contributed by atoms with Crippen LogP contribution in [0.1, 0.15) is 33.9 Å². The van der Waals surface area contributed by atoms with Crippen molar-refractivity contribution < 1.29 is 4.79 Å². The van der Waals surface area contributed by atoms with Crippen LogP contribution in [0.4, 0.5) is 10.5 Å². The number of amides is 2. The minimum absolute atomic E-state index is 0.204. The van der Waals surface area contributed by atoms with Crippen LogP contribution in [0, 0.1) is 13.8 Å². The van der Waals surface area contributed by atoms with Crippen LogP contribution in [-0.4, -0.2) is 23.0 Å². The Hall–Kier alpha value is -3.08. The molecule has 2 aromatic carbocycles. The van der Waals surface area contributed by atoms with Gasteiger partial charge in [-0.3, -0.25) is 0 Å². The van der Waals surface area contributed by atoms with Crippen molar-refractivity contribution in [2.45, 2.75) is 26.2 Å². The smallest absolute Gasteiger partial charge is 0.318 e. The Balaban J connectivity index is 1.87. The quantitative estimate of drug-likeness (QED) is 0.648. The zero-order chi connectivity index (χ0) is 18.5. The molecule has 0 aliphatic heterocycles. The third-order valence-electron chi connectivity index (χ3n) is 4.80. The number of aryl methyl sites for hydroxylation is 1. The molecule has 0 fully saturated rings. The Morgan fingerprint density at radius 1 is 1.15 bits per heavy atom. The van der Waals surface area contributed by atoms with Crippen molar-refractivity contribution in [1.29, 1.82) is 0 Å². The van der Waals surface area contributed by atoms with Gasteiger partial charge in [-0.15, -0.1) is 0 Å². The van der Waals surface area contributed by atoms with E-state index in [2.05, 4.69) is 64.8 Å². The fraction of sp³-hybridized carbons (Fsp3) is 0.238. The number of aromatic amines is 1. The number of aromatic nitrogens is 2. The highest BCUT2D eigenvalue weighted by Crippen LogP contribution is 2.31. The minimum atomic E-state index is -0.219. The highest BCUT2D eigenvalue weighted by Gasteiger charge is 2.19. The van der Waals surface area contributed by atoms with Gasteiger partial charge in [-0.2, -0.15) is 0 Å². The van der Waals surface area contributed by atoms with E-state index in [1.807, 2.05) is 18.3 Å². The van der Waals surface area contributed by atoms with Crippen LogP contribution in [0.2, 0.25) is 0 Å². The highest BCUT2D eigenvalue weighted by atomic mass is 16.2. The molecule has 0 saturated carbocycles. The Morgan fingerprint density at radius 3 is 2.58 bits per heavy atom. The number of imidazole rings is 1. The largest absolute Gasteiger partial charge is 0.348 e. The molecule has 5 nitrogen and oxygen atoms in total. The summed E-state index contributed by atoms with van der Waals surface area (Å²) in [4.78, 5) is 18.9. The molecule has 0 aliphatic rings. The van der Waals surface area contributed by atoms with Gasteiger partial charge in [0.15, 0.2) is 0 Å². The van der Waals surface area contributed by atoms with Gasteiger partial charge in [0, 0.05) is 30.5 Å². The molecular formula is C21H24N4O. The lowest BCUT2D eigenvalue weighted by atomic mass is 9.85. The number of nitrogens with zero attached hydrogens (tertiary/aromatic N) is 1. The van der Waals surface area contributed by atoms with Crippen molar-refractivity contribution >= 4 is 11.7 Å². The number of benzene rings is 2. The van der Waals surface area contributed by atoms with Crippen LogP contribution in [0.15, 0.2) is 55.0 Å². The molecule has 1 aromatic heterocycles. The zero-order valence-electron chi connectivity index (χ0n) is 15.3. The maximum atomic E-state index is 11.4. The van der Waals surface area contributed by atoms with Gasteiger partial charge in [0.05, 0.1) is 6.33 Å². The zero-order valence-corrected chi connectivity index (χ0v) is 15.3. The van der Waals surface area contributed by atoms with Crippen molar-refractivity contribution in [3.05, 3.63) is 82.9 Å². The first-order valence-electron chi connectivity index (χ1n) is 8.70. The number of H-pyrrole nitrogens is 1. The van der Waals surface area contributed by atoms with E-state index in [0.29, 0.717) is 0 Å². The minimum Gasteiger partial charge on any atom is -0.348 e. The molecular weight excluding hydrogens is 324 g/mol. The molecule has 0 bridgehead atoms. The van der Waals surface area contributed by atoms with Crippen LogP contribution >= 0.6 is 0 Å². The van der Waals surface area contributed by atoms with Gasteiger partial charge < -0.3 is 15.6 Å². The Morgan fingerprint density at radius 2 is 1.92 bits per heavy atom. The summed E-state index contributed by atoms with van der Waals surface area (Å²) in [6.45, 7) is 4.31. The van der Waals surface area contributed by atoms with Gasteiger partial charge in [-0.05, 0) is 54.7 Å². The lowest BCUT2D eigenvalue weighted by Crippen LogP contribution is -2.24. The number of nitrogens with one attached hydrogen (secondary N) is 3. The van der Waals surface area contributed by atoms with Gasteiger partial charge in [0.2, 0.25) is 0 Å². The second kappa shape index (κ2) is 7.87. The molecule has 3 aromatic rings. The molecule has 2 amide bonds. The number of hydrogen-bond donors (Lipinski definition) is 3. The molecule has 134 valence electrons. The number of rotatable bonds is 5. The predicted molar refractivity (Wildman–Crippen MR) is 105 cm³/mol. The molecule has 5 heteroatoms. The molecule has 1 unspecified atom stereocenters. The molecule has 0 radical (unpaired) electrons. The monoisotopic (exact) mass is 348 g/mol. The van der Waals surface area contributed by atoms with E-state index in [0.717, 1.165) is 17.8 Å². The Bertz CT molecular complexity index is 870. The molecule has 1 heterocycles. The third-order valence-corrected chi connectivity index (χ3v) is 4.80. The van der Waals surface area contributed by atoms with Crippen molar-refractivity contribution in [3.8, 4) is 0 Å². The summed E-state index contributed by atoms with van der Waals surface area (Å²) >= 11 is 0.